The molecule has 0 atom stereocenters. The maximum absolute atomic E-state index is 12.8. The number of pyridine rings is 1. The Balaban J connectivity index is 1.77. The Hall–Kier alpha value is -2.38. The lowest BCUT2D eigenvalue weighted by Crippen LogP contribution is -2.40. The molecule has 2 aromatic heterocycles. The highest BCUT2D eigenvalue weighted by Gasteiger charge is 2.24. The van der Waals surface area contributed by atoms with Crippen LogP contribution in [0.2, 0.25) is 0 Å². The summed E-state index contributed by atoms with van der Waals surface area (Å²) >= 11 is 1.35. The van der Waals surface area contributed by atoms with Crippen LogP contribution in [0.4, 0.5) is 5.69 Å². The molecular formula is C18H19N3O3S. The number of nitrogens with zero attached hydrogens (tertiary/aromatic N) is 2. The van der Waals surface area contributed by atoms with Crippen molar-refractivity contribution in [3.63, 3.8) is 0 Å². The van der Waals surface area contributed by atoms with Crippen molar-refractivity contribution >= 4 is 44.1 Å². The number of ether oxygens (including phenoxy) is 2. The summed E-state index contributed by atoms with van der Waals surface area (Å²) in [6, 6.07) is 7.79. The van der Waals surface area contributed by atoms with Gasteiger partial charge in [-0.25, -0.2) is 4.98 Å². The van der Waals surface area contributed by atoms with Gasteiger partial charge in [0.2, 0.25) is 0 Å². The Kier molecular flexibility index (Phi) is 4.19. The number of aromatic nitrogens is 1. The Bertz CT molecular complexity index is 948. The molecule has 1 aliphatic heterocycles. The number of hydrogen-bond donors (Lipinski definition) is 1. The first-order valence-electron chi connectivity index (χ1n) is 8.30. The second-order valence-corrected chi connectivity index (χ2v) is 6.88. The van der Waals surface area contributed by atoms with Crippen molar-refractivity contribution in [3.8, 4) is 5.75 Å². The van der Waals surface area contributed by atoms with E-state index in [9.17, 15) is 4.79 Å². The fourth-order valence-electron chi connectivity index (χ4n) is 3.00. The van der Waals surface area contributed by atoms with Gasteiger partial charge in [0.05, 0.1) is 31.0 Å². The van der Waals surface area contributed by atoms with Gasteiger partial charge in [-0.05, 0) is 25.1 Å². The minimum absolute atomic E-state index is 0.0390. The van der Waals surface area contributed by atoms with Gasteiger partial charge in [-0.2, -0.15) is 0 Å². The zero-order chi connectivity index (χ0) is 17.4. The third-order valence-corrected chi connectivity index (χ3v) is 5.39. The van der Waals surface area contributed by atoms with Crippen molar-refractivity contribution in [1.29, 1.82) is 0 Å². The predicted molar refractivity (Wildman–Crippen MR) is 99.4 cm³/mol. The van der Waals surface area contributed by atoms with Crippen LogP contribution < -0.4 is 10.5 Å². The van der Waals surface area contributed by atoms with Crippen molar-refractivity contribution in [2.75, 3.05) is 38.6 Å². The number of hydrogen-bond acceptors (Lipinski definition) is 6. The van der Waals surface area contributed by atoms with Gasteiger partial charge in [-0.3, -0.25) is 4.79 Å². The molecule has 0 saturated carbocycles. The first kappa shape index (κ1) is 16.1. The Morgan fingerprint density at radius 2 is 2.16 bits per heavy atom. The average molecular weight is 357 g/mol. The van der Waals surface area contributed by atoms with E-state index in [-0.39, 0.29) is 5.91 Å². The largest absolute Gasteiger partial charge is 0.494 e. The lowest BCUT2D eigenvalue weighted by Gasteiger charge is -2.26. The molecule has 1 saturated heterocycles. The molecule has 0 radical (unpaired) electrons. The molecule has 3 aromatic rings. The van der Waals surface area contributed by atoms with E-state index >= 15 is 0 Å². The second-order valence-electron chi connectivity index (χ2n) is 5.88. The molecule has 3 heterocycles. The zero-order valence-electron chi connectivity index (χ0n) is 13.9. The van der Waals surface area contributed by atoms with Crippen LogP contribution in [0.3, 0.4) is 0 Å². The van der Waals surface area contributed by atoms with Gasteiger partial charge in [0.25, 0.3) is 5.91 Å². The Morgan fingerprint density at radius 3 is 2.92 bits per heavy atom. The number of morpholine rings is 1. The summed E-state index contributed by atoms with van der Waals surface area (Å²) in [5.74, 6) is 0.749. The van der Waals surface area contributed by atoms with Gasteiger partial charge in [0.1, 0.15) is 15.5 Å². The number of carbonyl (C=O) groups excluding carboxylic acids is 1. The monoisotopic (exact) mass is 357 g/mol. The van der Waals surface area contributed by atoms with E-state index < -0.39 is 0 Å². The second kappa shape index (κ2) is 6.50. The van der Waals surface area contributed by atoms with Gasteiger partial charge >= 0.3 is 0 Å². The molecule has 1 fully saturated rings. The summed E-state index contributed by atoms with van der Waals surface area (Å²) < 4.78 is 10.9. The van der Waals surface area contributed by atoms with Crippen LogP contribution in [0.25, 0.3) is 21.1 Å². The first-order chi connectivity index (χ1) is 12.2. The average Bonchev–Trinajstić information content (AvgIpc) is 2.96. The van der Waals surface area contributed by atoms with Crippen molar-refractivity contribution in [2.24, 2.45) is 0 Å². The third-order valence-electron chi connectivity index (χ3n) is 4.29. The number of amides is 1. The van der Waals surface area contributed by atoms with Crippen molar-refractivity contribution < 1.29 is 14.3 Å². The first-order valence-corrected chi connectivity index (χ1v) is 9.11. The molecule has 2 N–H and O–H groups in total. The quantitative estimate of drug-likeness (QED) is 0.780. The summed E-state index contributed by atoms with van der Waals surface area (Å²) in [6.45, 7) is 4.89. The number of carbonyl (C=O) groups is 1. The number of nitrogen functional groups attached to an aromatic ring is 1. The van der Waals surface area contributed by atoms with Crippen molar-refractivity contribution in [1.82, 2.24) is 9.88 Å². The van der Waals surface area contributed by atoms with Crippen molar-refractivity contribution in [2.45, 2.75) is 6.92 Å². The van der Waals surface area contributed by atoms with Gasteiger partial charge in [-0.15, -0.1) is 11.3 Å². The Labute approximate surface area is 149 Å². The van der Waals surface area contributed by atoms with Crippen LogP contribution in [0, 0.1) is 0 Å². The molecule has 1 aliphatic rings. The van der Waals surface area contributed by atoms with Crippen LogP contribution >= 0.6 is 11.3 Å². The van der Waals surface area contributed by atoms with Gasteiger partial charge in [0, 0.05) is 29.9 Å². The number of rotatable bonds is 3. The fraction of sp³-hybridized carbons (Fsp3) is 0.333. The molecule has 0 unspecified atom stereocenters. The number of thiophene rings is 1. The third kappa shape index (κ3) is 2.89. The molecule has 0 aliphatic carbocycles. The normalized spacial score (nSPS) is 15.0. The highest BCUT2D eigenvalue weighted by Crippen LogP contribution is 2.36. The number of nitrogens with two attached hydrogens (primary N) is 1. The van der Waals surface area contributed by atoms with E-state index in [2.05, 4.69) is 0 Å². The fourth-order valence-corrected chi connectivity index (χ4v) is 4.05. The molecule has 7 heteroatoms. The molecule has 1 amide bonds. The molecule has 4 rings (SSSR count). The summed E-state index contributed by atoms with van der Waals surface area (Å²) in [6.07, 6.45) is 0. The lowest BCUT2D eigenvalue weighted by atomic mass is 10.1. The van der Waals surface area contributed by atoms with Gasteiger partial charge in [-0.1, -0.05) is 0 Å². The number of anilines is 1. The molecular weight excluding hydrogens is 338 g/mol. The standard InChI is InChI=1S/C18H19N3O3S/c1-2-24-12-4-3-11-9-13-15(19)16(25-17(13)20-14(11)10-12)18(22)21-5-7-23-8-6-21/h3-4,9-10H,2,5-8,19H2,1H3. The molecule has 130 valence electrons. The SMILES string of the molecule is CCOc1ccc2cc3c(N)c(C(=O)N4CCOCC4)sc3nc2c1. The molecule has 6 nitrogen and oxygen atoms in total. The van der Waals surface area contributed by atoms with Crippen LogP contribution in [-0.4, -0.2) is 48.7 Å². The van der Waals surface area contributed by atoms with E-state index in [1.807, 2.05) is 31.2 Å². The predicted octanol–water partition coefficient (Wildman–Crippen LogP) is 2.90. The van der Waals surface area contributed by atoms with E-state index in [1.54, 1.807) is 4.90 Å². The van der Waals surface area contributed by atoms with E-state index in [0.29, 0.717) is 43.5 Å². The van der Waals surface area contributed by atoms with Crippen molar-refractivity contribution in [3.05, 3.63) is 29.1 Å². The topological polar surface area (TPSA) is 77.7 Å². The van der Waals surface area contributed by atoms with Crippen LogP contribution in [0.15, 0.2) is 24.3 Å². The summed E-state index contributed by atoms with van der Waals surface area (Å²) in [5.41, 5.74) is 7.63. The van der Waals surface area contributed by atoms with Crippen LogP contribution in [-0.2, 0) is 4.74 Å². The van der Waals surface area contributed by atoms with Gasteiger partial charge < -0.3 is 20.1 Å². The minimum Gasteiger partial charge on any atom is -0.494 e. The number of fused-ring (bicyclic) bond motifs is 2. The summed E-state index contributed by atoms with van der Waals surface area (Å²) in [7, 11) is 0. The zero-order valence-corrected chi connectivity index (χ0v) is 14.8. The van der Waals surface area contributed by atoms with E-state index in [1.165, 1.54) is 11.3 Å². The lowest BCUT2D eigenvalue weighted by molar-refractivity contribution is 0.0307. The summed E-state index contributed by atoms with van der Waals surface area (Å²) in [4.78, 5) is 20.6. The minimum atomic E-state index is -0.0390. The maximum atomic E-state index is 12.8. The number of benzene rings is 1. The van der Waals surface area contributed by atoms with Gasteiger partial charge in [0.15, 0.2) is 0 Å². The van der Waals surface area contributed by atoms with Crippen LogP contribution in [0.1, 0.15) is 16.6 Å². The molecule has 0 bridgehead atoms. The smallest absolute Gasteiger partial charge is 0.266 e. The van der Waals surface area contributed by atoms with E-state index in [4.69, 9.17) is 20.2 Å². The molecule has 0 spiro atoms. The van der Waals surface area contributed by atoms with E-state index in [0.717, 1.165) is 26.9 Å². The highest BCUT2D eigenvalue weighted by atomic mass is 32.1. The highest BCUT2D eigenvalue weighted by molar-refractivity contribution is 7.21. The molecule has 25 heavy (non-hydrogen) atoms. The maximum Gasteiger partial charge on any atom is 0.266 e. The van der Waals surface area contributed by atoms with Crippen LogP contribution in [0.5, 0.6) is 5.75 Å². The molecule has 1 aromatic carbocycles. The summed E-state index contributed by atoms with van der Waals surface area (Å²) in [5, 5.41) is 1.81. The Morgan fingerprint density at radius 1 is 1.36 bits per heavy atom.